The van der Waals surface area contributed by atoms with E-state index < -0.39 is 26.7 Å². The summed E-state index contributed by atoms with van der Waals surface area (Å²) in [6, 6.07) is 0. The van der Waals surface area contributed by atoms with E-state index in [-0.39, 0.29) is 28.3 Å². The molecule has 0 bridgehead atoms. The number of nitrogens with two attached hydrogens (primary N) is 1. The number of H-pyrrole nitrogens is 1. The van der Waals surface area contributed by atoms with Gasteiger partial charge in [-0.05, 0) is 19.8 Å². The van der Waals surface area contributed by atoms with Gasteiger partial charge < -0.3 is 5.32 Å². The Labute approximate surface area is 125 Å². The van der Waals surface area contributed by atoms with Crippen LogP contribution >= 0.6 is 0 Å². The Hall–Kier alpha value is -1.26. The van der Waals surface area contributed by atoms with E-state index in [1.165, 1.54) is 6.26 Å². The number of carbonyl (C=O) groups excluding carboxylic acids is 1. The quantitative estimate of drug-likeness (QED) is 0.640. The van der Waals surface area contributed by atoms with Crippen LogP contribution in [0, 0.1) is 0 Å². The molecule has 10 heteroatoms. The Bertz CT molecular complexity index is 678. The molecule has 1 aliphatic carbocycles. The molecule has 1 aromatic heterocycles. The molecule has 1 fully saturated rings. The summed E-state index contributed by atoms with van der Waals surface area (Å²) in [6.45, 7) is 1.88. The van der Waals surface area contributed by atoms with Crippen LogP contribution in [0.5, 0.6) is 0 Å². The van der Waals surface area contributed by atoms with Crippen LogP contribution in [0.2, 0.25) is 0 Å². The molecule has 1 aromatic rings. The van der Waals surface area contributed by atoms with Gasteiger partial charge in [0.1, 0.15) is 4.90 Å². The van der Waals surface area contributed by atoms with Gasteiger partial charge in [0.25, 0.3) is 5.91 Å². The second-order valence-corrected chi connectivity index (χ2v) is 8.45. The molecule has 1 saturated carbocycles. The highest BCUT2D eigenvalue weighted by Gasteiger charge is 2.35. The molecule has 0 aliphatic heterocycles. The molecular weight excluding hydrogens is 316 g/mol. The van der Waals surface area contributed by atoms with Crippen LogP contribution < -0.4 is 10.5 Å². The van der Waals surface area contributed by atoms with Crippen molar-refractivity contribution in [1.29, 1.82) is 0 Å². The number of carbonyl (C=O) groups is 1. The van der Waals surface area contributed by atoms with Crippen molar-refractivity contribution in [1.82, 2.24) is 15.5 Å². The number of hydrogen-bond acceptors (Lipinski definition) is 5. The van der Waals surface area contributed by atoms with Gasteiger partial charge in [-0.3, -0.25) is 14.1 Å². The lowest BCUT2D eigenvalue weighted by Gasteiger charge is -2.09. The Morgan fingerprint density at radius 1 is 1.57 bits per heavy atom. The first-order valence-electron chi connectivity index (χ1n) is 6.43. The van der Waals surface area contributed by atoms with Crippen LogP contribution in [0.3, 0.4) is 0 Å². The molecule has 0 saturated heterocycles. The summed E-state index contributed by atoms with van der Waals surface area (Å²) in [5.41, 5.74) is 0.170. The zero-order chi connectivity index (χ0) is 15.8. The lowest BCUT2D eigenvalue weighted by atomic mass is 10.2. The maximum Gasteiger partial charge on any atom is 0.273 e. The van der Waals surface area contributed by atoms with Gasteiger partial charge in [-0.15, -0.1) is 0 Å². The number of nitrogens with one attached hydrogen (secondary N) is 2. The van der Waals surface area contributed by atoms with Crippen molar-refractivity contribution >= 4 is 26.7 Å². The zero-order valence-electron chi connectivity index (χ0n) is 11.8. The van der Waals surface area contributed by atoms with Gasteiger partial charge in [-0.1, -0.05) is 0 Å². The smallest absolute Gasteiger partial charge is 0.273 e. The standard InChI is InChI=1S/C11H18N4O4S2/c1-6(20(2)17)5-13-11(16)9-10(21(12,18)19)8(14-15-9)7-3-4-7/h6-7H,3-5H2,1-2H3,(H,13,16)(H,14,15)(H2,12,18,19). The molecule has 0 spiro atoms. The number of aromatic nitrogens is 2. The topological polar surface area (TPSA) is 135 Å². The number of primary sulfonamides is 1. The van der Waals surface area contributed by atoms with Crippen LogP contribution in [0.1, 0.15) is 41.9 Å². The van der Waals surface area contributed by atoms with E-state index in [4.69, 9.17) is 5.14 Å². The number of sulfonamides is 1. The van der Waals surface area contributed by atoms with Gasteiger partial charge in [0, 0.05) is 34.8 Å². The summed E-state index contributed by atoms with van der Waals surface area (Å²) in [7, 11) is -5.12. The maximum absolute atomic E-state index is 12.1. The summed E-state index contributed by atoms with van der Waals surface area (Å²) in [5.74, 6) is -0.575. The highest BCUT2D eigenvalue weighted by Crippen LogP contribution is 2.42. The Balaban J connectivity index is 2.23. The van der Waals surface area contributed by atoms with Gasteiger partial charge in [0.2, 0.25) is 10.0 Å². The lowest BCUT2D eigenvalue weighted by Crippen LogP contribution is -2.34. The molecule has 0 radical (unpaired) electrons. The predicted octanol–water partition coefficient (Wildman–Crippen LogP) is -0.569. The van der Waals surface area contributed by atoms with Gasteiger partial charge in [-0.2, -0.15) is 5.10 Å². The van der Waals surface area contributed by atoms with Crippen molar-refractivity contribution in [3.8, 4) is 0 Å². The lowest BCUT2D eigenvalue weighted by molar-refractivity contribution is 0.0945. The summed E-state index contributed by atoms with van der Waals surface area (Å²) >= 11 is 0. The van der Waals surface area contributed by atoms with Crippen LogP contribution in [-0.2, 0) is 20.8 Å². The minimum Gasteiger partial charge on any atom is -0.349 e. The number of nitrogens with zero attached hydrogens (tertiary/aromatic N) is 1. The minimum atomic E-state index is -4.04. The van der Waals surface area contributed by atoms with E-state index in [0.29, 0.717) is 5.69 Å². The summed E-state index contributed by atoms with van der Waals surface area (Å²) < 4.78 is 34.7. The first-order chi connectivity index (χ1) is 9.71. The van der Waals surface area contributed by atoms with Crippen molar-refractivity contribution in [3.05, 3.63) is 11.4 Å². The van der Waals surface area contributed by atoms with E-state index in [1.807, 2.05) is 0 Å². The second-order valence-electron chi connectivity index (χ2n) is 5.15. The van der Waals surface area contributed by atoms with Crippen LogP contribution in [0.15, 0.2) is 4.90 Å². The van der Waals surface area contributed by atoms with E-state index in [2.05, 4.69) is 15.5 Å². The fourth-order valence-corrected chi connectivity index (χ4v) is 3.12. The number of aromatic amines is 1. The fraction of sp³-hybridized carbons (Fsp3) is 0.636. The first-order valence-corrected chi connectivity index (χ1v) is 9.60. The maximum atomic E-state index is 12.1. The van der Waals surface area contributed by atoms with Crippen molar-refractivity contribution in [3.63, 3.8) is 0 Å². The van der Waals surface area contributed by atoms with Crippen LogP contribution in [0.4, 0.5) is 0 Å². The predicted molar refractivity (Wildman–Crippen MR) is 77.8 cm³/mol. The highest BCUT2D eigenvalue weighted by molar-refractivity contribution is 7.89. The summed E-state index contributed by atoms with van der Waals surface area (Å²) in [5, 5.41) is 13.9. The van der Waals surface area contributed by atoms with Crippen molar-refractivity contribution in [2.45, 2.75) is 35.8 Å². The van der Waals surface area contributed by atoms with Crippen LogP contribution in [-0.4, -0.2) is 46.8 Å². The zero-order valence-corrected chi connectivity index (χ0v) is 13.4. The van der Waals surface area contributed by atoms with Crippen molar-refractivity contribution in [2.75, 3.05) is 12.8 Å². The van der Waals surface area contributed by atoms with E-state index in [1.54, 1.807) is 6.92 Å². The molecule has 4 N–H and O–H groups in total. The third-order valence-electron chi connectivity index (χ3n) is 3.35. The summed E-state index contributed by atoms with van der Waals surface area (Å²) in [4.78, 5) is 11.9. The van der Waals surface area contributed by atoms with Crippen molar-refractivity contribution in [2.24, 2.45) is 5.14 Å². The number of amides is 1. The monoisotopic (exact) mass is 334 g/mol. The van der Waals surface area contributed by atoms with Crippen molar-refractivity contribution < 1.29 is 17.4 Å². The molecule has 0 aromatic carbocycles. The normalized spacial score (nSPS) is 18.2. The van der Waals surface area contributed by atoms with Gasteiger partial charge in [0.05, 0.1) is 5.69 Å². The van der Waals surface area contributed by atoms with E-state index in [9.17, 15) is 17.4 Å². The minimum absolute atomic E-state index is 0.0643. The molecule has 8 nitrogen and oxygen atoms in total. The SMILES string of the molecule is CC(CNC(=O)c1n[nH]c(C2CC2)c1S(N)(=O)=O)S(C)=O. The molecular formula is C11H18N4O4S2. The molecule has 2 unspecified atom stereocenters. The average molecular weight is 334 g/mol. The Morgan fingerprint density at radius 3 is 2.67 bits per heavy atom. The average Bonchev–Trinajstić information content (AvgIpc) is 3.12. The Morgan fingerprint density at radius 2 is 2.19 bits per heavy atom. The van der Waals surface area contributed by atoms with Gasteiger partial charge >= 0.3 is 0 Å². The third kappa shape index (κ3) is 3.69. The number of hydrogen-bond donors (Lipinski definition) is 3. The van der Waals surface area contributed by atoms with Gasteiger partial charge in [-0.25, -0.2) is 13.6 Å². The molecule has 118 valence electrons. The fourth-order valence-electron chi connectivity index (χ4n) is 1.87. The van der Waals surface area contributed by atoms with Crippen LogP contribution in [0.25, 0.3) is 0 Å². The van der Waals surface area contributed by atoms with Gasteiger partial charge in [0.15, 0.2) is 5.69 Å². The highest BCUT2D eigenvalue weighted by atomic mass is 32.2. The molecule has 1 heterocycles. The molecule has 1 amide bonds. The molecule has 1 aliphatic rings. The molecule has 21 heavy (non-hydrogen) atoms. The Kier molecular flexibility index (Phi) is 4.49. The first kappa shape index (κ1) is 16.1. The number of rotatable bonds is 6. The third-order valence-corrected chi connectivity index (χ3v) is 5.63. The van der Waals surface area contributed by atoms with E-state index in [0.717, 1.165) is 12.8 Å². The van der Waals surface area contributed by atoms with E-state index >= 15 is 0 Å². The largest absolute Gasteiger partial charge is 0.349 e. The molecule has 2 rings (SSSR count). The molecule has 2 atom stereocenters. The summed E-state index contributed by atoms with van der Waals surface area (Å²) in [6.07, 6.45) is 3.22. The second kappa shape index (κ2) is 5.85.